The number of halogens is 1. The van der Waals surface area contributed by atoms with Crippen molar-refractivity contribution in [3.05, 3.63) is 51.2 Å². The number of rotatable bonds is 6. The molecule has 2 nitrogen and oxygen atoms in total. The second-order valence-corrected chi connectivity index (χ2v) is 6.58. The Morgan fingerprint density at radius 2 is 2.00 bits per heavy atom. The van der Waals surface area contributed by atoms with Gasteiger partial charge in [0.2, 0.25) is 0 Å². The molecule has 0 saturated heterocycles. The van der Waals surface area contributed by atoms with Crippen LogP contribution in [0.2, 0.25) is 4.34 Å². The van der Waals surface area contributed by atoms with Gasteiger partial charge in [0.15, 0.2) is 0 Å². The largest absolute Gasteiger partial charge is 0.483 e. The van der Waals surface area contributed by atoms with Gasteiger partial charge in [-0.25, -0.2) is 0 Å². The molecule has 2 rings (SSSR count). The van der Waals surface area contributed by atoms with E-state index in [2.05, 4.69) is 19.9 Å². The lowest BCUT2D eigenvalue weighted by molar-refractivity contribution is 0.215. The summed E-state index contributed by atoms with van der Waals surface area (Å²) in [4.78, 5) is 1.07. The number of ether oxygens (including phenoxy) is 1. The Morgan fingerprint density at radius 1 is 1.25 bits per heavy atom. The Bertz CT molecular complexity index is 555. The molecule has 0 aliphatic heterocycles. The van der Waals surface area contributed by atoms with E-state index in [1.807, 2.05) is 30.3 Å². The van der Waals surface area contributed by atoms with Crippen LogP contribution in [0.1, 0.15) is 42.7 Å². The summed E-state index contributed by atoms with van der Waals surface area (Å²) in [5.41, 5.74) is 7.09. The van der Waals surface area contributed by atoms with Crippen LogP contribution in [0.4, 0.5) is 0 Å². The molecule has 0 bridgehead atoms. The van der Waals surface area contributed by atoms with Crippen molar-refractivity contribution in [2.24, 2.45) is 5.73 Å². The zero-order chi connectivity index (χ0) is 14.5. The number of para-hydroxylation sites is 1. The maximum absolute atomic E-state index is 6.14. The molecule has 2 aromatic rings. The molecule has 0 spiro atoms. The molecule has 2 unspecified atom stereocenters. The minimum Gasteiger partial charge on any atom is -0.483 e. The highest BCUT2D eigenvalue weighted by atomic mass is 35.5. The molecule has 0 amide bonds. The number of thiophene rings is 1. The first-order valence-corrected chi connectivity index (χ1v) is 8.06. The third-order valence-electron chi connectivity index (χ3n) is 3.46. The summed E-state index contributed by atoms with van der Waals surface area (Å²) in [5.74, 6) is 1.39. The quantitative estimate of drug-likeness (QED) is 0.815. The molecule has 0 radical (unpaired) electrons. The van der Waals surface area contributed by atoms with Crippen molar-refractivity contribution < 1.29 is 4.74 Å². The minimum absolute atomic E-state index is 0.141. The number of nitrogens with two attached hydrogens (primary N) is 1. The molecule has 1 aromatic heterocycles. The van der Waals surface area contributed by atoms with Gasteiger partial charge in [-0.1, -0.05) is 43.6 Å². The Hall–Kier alpha value is -1.03. The molecule has 108 valence electrons. The molecule has 0 fully saturated rings. The number of hydrogen-bond acceptors (Lipinski definition) is 3. The summed E-state index contributed by atoms with van der Waals surface area (Å²) < 4.78 is 6.91. The summed E-state index contributed by atoms with van der Waals surface area (Å²) in [7, 11) is 0. The van der Waals surface area contributed by atoms with Crippen molar-refractivity contribution in [1.82, 2.24) is 0 Å². The summed E-state index contributed by atoms with van der Waals surface area (Å²) in [5, 5.41) is 0. The Labute approximate surface area is 129 Å². The first-order valence-electron chi connectivity index (χ1n) is 6.86. The van der Waals surface area contributed by atoms with Gasteiger partial charge in [0.05, 0.1) is 4.34 Å². The van der Waals surface area contributed by atoms with Gasteiger partial charge in [-0.05, 0) is 36.1 Å². The fourth-order valence-electron chi connectivity index (χ4n) is 2.09. The topological polar surface area (TPSA) is 35.2 Å². The fraction of sp³-hybridized carbons (Fsp3) is 0.375. The van der Waals surface area contributed by atoms with Crippen LogP contribution >= 0.6 is 22.9 Å². The summed E-state index contributed by atoms with van der Waals surface area (Å²) >= 11 is 7.51. The second-order valence-electron chi connectivity index (χ2n) is 4.83. The van der Waals surface area contributed by atoms with E-state index in [1.54, 1.807) is 0 Å². The van der Waals surface area contributed by atoms with Gasteiger partial charge in [0, 0.05) is 11.4 Å². The highest BCUT2D eigenvalue weighted by Crippen LogP contribution is 2.34. The van der Waals surface area contributed by atoms with Gasteiger partial charge < -0.3 is 10.5 Å². The Morgan fingerprint density at radius 3 is 2.60 bits per heavy atom. The minimum atomic E-state index is -0.141. The van der Waals surface area contributed by atoms with Gasteiger partial charge in [0.1, 0.15) is 11.9 Å². The van der Waals surface area contributed by atoms with Crippen LogP contribution in [-0.4, -0.2) is 6.54 Å². The molecule has 4 heteroatoms. The Balaban J connectivity index is 2.24. The molecule has 0 aliphatic carbocycles. The van der Waals surface area contributed by atoms with E-state index in [0.717, 1.165) is 21.4 Å². The fourth-order valence-corrected chi connectivity index (χ4v) is 3.20. The average Bonchev–Trinajstić information content (AvgIpc) is 2.90. The van der Waals surface area contributed by atoms with Crippen LogP contribution in [0.15, 0.2) is 36.4 Å². The standard InChI is InChI=1S/C16H20ClNOS/c1-3-11(2)12-6-4-5-7-13(12)19-14(10-18)15-8-9-16(17)20-15/h4-9,11,14H,3,10,18H2,1-2H3. The molecule has 20 heavy (non-hydrogen) atoms. The maximum atomic E-state index is 6.14. The lowest BCUT2D eigenvalue weighted by Gasteiger charge is -2.20. The van der Waals surface area contributed by atoms with Crippen molar-refractivity contribution in [2.75, 3.05) is 6.54 Å². The first-order chi connectivity index (χ1) is 9.65. The van der Waals surface area contributed by atoms with E-state index in [0.29, 0.717) is 12.5 Å². The lowest BCUT2D eigenvalue weighted by Crippen LogP contribution is -2.18. The third kappa shape index (κ3) is 3.54. The van der Waals surface area contributed by atoms with Gasteiger partial charge >= 0.3 is 0 Å². The van der Waals surface area contributed by atoms with Gasteiger partial charge in [0.25, 0.3) is 0 Å². The molecule has 0 aliphatic rings. The van der Waals surface area contributed by atoms with Crippen molar-refractivity contribution >= 4 is 22.9 Å². The molecular formula is C16H20ClNOS. The third-order valence-corrected chi connectivity index (χ3v) is 4.78. The maximum Gasteiger partial charge on any atom is 0.145 e. The summed E-state index contributed by atoms with van der Waals surface area (Å²) in [6.45, 7) is 4.83. The van der Waals surface area contributed by atoms with Crippen molar-refractivity contribution in [3.8, 4) is 5.75 Å². The molecule has 0 saturated carbocycles. The molecule has 2 atom stereocenters. The van der Waals surface area contributed by atoms with Crippen LogP contribution in [0, 0.1) is 0 Å². The van der Waals surface area contributed by atoms with Gasteiger partial charge in [-0.2, -0.15) is 0 Å². The zero-order valence-corrected chi connectivity index (χ0v) is 13.4. The smallest absolute Gasteiger partial charge is 0.145 e. The summed E-state index contributed by atoms with van der Waals surface area (Å²) in [6, 6.07) is 12.0. The molecular weight excluding hydrogens is 290 g/mol. The SMILES string of the molecule is CCC(C)c1ccccc1OC(CN)c1ccc(Cl)s1. The van der Waals surface area contributed by atoms with E-state index in [-0.39, 0.29) is 6.10 Å². The van der Waals surface area contributed by atoms with Crippen molar-refractivity contribution in [3.63, 3.8) is 0 Å². The predicted octanol–water partition coefficient (Wildman–Crippen LogP) is 4.99. The molecule has 1 aromatic carbocycles. The molecule has 1 heterocycles. The van der Waals surface area contributed by atoms with Crippen LogP contribution in [0.3, 0.4) is 0 Å². The normalized spacial score (nSPS) is 14.0. The molecule has 2 N–H and O–H groups in total. The van der Waals surface area contributed by atoms with Crippen LogP contribution in [0.5, 0.6) is 5.75 Å². The number of hydrogen-bond donors (Lipinski definition) is 1. The van der Waals surface area contributed by atoms with E-state index >= 15 is 0 Å². The van der Waals surface area contributed by atoms with Crippen molar-refractivity contribution in [2.45, 2.75) is 32.3 Å². The number of benzene rings is 1. The van der Waals surface area contributed by atoms with E-state index in [9.17, 15) is 0 Å². The lowest BCUT2D eigenvalue weighted by atomic mass is 9.98. The van der Waals surface area contributed by atoms with Crippen LogP contribution in [0.25, 0.3) is 0 Å². The highest BCUT2D eigenvalue weighted by Gasteiger charge is 2.17. The predicted molar refractivity (Wildman–Crippen MR) is 86.9 cm³/mol. The van der Waals surface area contributed by atoms with Gasteiger partial charge in [-0.3, -0.25) is 0 Å². The Kier molecular flexibility index (Phi) is 5.46. The van der Waals surface area contributed by atoms with Crippen LogP contribution in [-0.2, 0) is 0 Å². The van der Waals surface area contributed by atoms with E-state index in [4.69, 9.17) is 22.1 Å². The van der Waals surface area contributed by atoms with Gasteiger partial charge in [-0.15, -0.1) is 11.3 Å². The van der Waals surface area contributed by atoms with Crippen LogP contribution < -0.4 is 10.5 Å². The van der Waals surface area contributed by atoms with Crippen molar-refractivity contribution in [1.29, 1.82) is 0 Å². The summed E-state index contributed by atoms with van der Waals surface area (Å²) in [6.07, 6.45) is 0.941. The van der Waals surface area contributed by atoms with E-state index < -0.39 is 0 Å². The van der Waals surface area contributed by atoms with E-state index in [1.165, 1.54) is 16.9 Å². The highest BCUT2D eigenvalue weighted by molar-refractivity contribution is 7.16. The first kappa shape index (κ1) is 15.4. The monoisotopic (exact) mass is 309 g/mol. The zero-order valence-electron chi connectivity index (χ0n) is 11.8. The average molecular weight is 310 g/mol. The second kappa shape index (κ2) is 7.11.